The fourth-order valence-corrected chi connectivity index (χ4v) is 2.61. The highest BCUT2D eigenvalue weighted by atomic mass is 79.9. The van der Waals surface area contributed by atoms with Gasteiger partial charge in [-0.1, -0.05) is 41.1 Å². The van der Waals surface area contributed by atoms with Gasteiger partial charge in [0.2, 0.25) is 0 Å². The van der Waals surface area contributed by atoms with Crippen LogP contribution in [0, 0.1) is 5.82 Å². The lowest BCUT2D eigenvalue weighted by molar-refractivity contribution is 0.403. The van der Waals surface area contributed by atoms with Gasteiger partial charge in [0.15, 0.2) is 0 Å². The van der Waals surface area contributed by atoms with Crippen LogP contribution in [0.4, 0.5) is 4.39 Å². The number of nitrogens with one attached hydrogen (secondary N) is 1. The zero-order chi connectivity index (χ0) is 15.2. The van der Waals surface area contributed by atoms with Gasteiger partial charge in [-0.15, -0.1) is 0 Å². The van der Waals surface area contributed by atoms with Crippen molar-refractivity contribution in [1.82, 2.24) is 5.32 Å². The van der Waals surface area contributed by atoms with E-state index in [9.17, 15) is 4.39 Å². The van der Waals surface area contributed by atoms with E-state index in [0.29, 0.717) is 0 Å². The molecular formula is C17H19BrFNO. The number of rotatable bonds is 6. The van der Waals surface area contributed by atoms with Gasteiger partial charge in [0.05, 0.1) is 13.2 Å². The van der Waals surface area contributed by atoms with Crippen molar-refractivity contribution in [1.29, 1.82) is 0 Å². The topological polar surface area (TPSA) is 21.3 Å². The van der Waals surface area contributed by atoms with Gasteiger partial charge in [0.1, 0.15) is 11.6 Å². The quantitative estimate of drug-likeness (QED) is 0.815. The molecule has 0 radical (unpaired) electrons. The van der Waals surface area contributed by atoms with Crippen molar-refractivity contribution in [2.45, 2.75) is 19.4 Å². The Morgan fingerprint density at radius 1 is 1.19 bits per heavy atom. The lowest BCUT2D eigenvalue weighted by Crippen LogP contribution is -2.23. The average molecular weight is 352 g/mol. The van der Waals surface area contributed by atoms with Crippen molar-refractivity contribution in [3.05, 3.63) is 63.9 Å². The first kappa shape index (κ1) is 16.0. The van der Waals surface area contributed by atoms with Gasteiger partial charge in [-0.3, -0.25) is 0 Å². The maximum atomic E-state index is 13.2. The van der Waals surface area contributed by atoms with Crippen LogP contribution in [0.5, 0.6) is 5.75 Å². The number of hydrogen-bond donors (Lipinski definition) is 1. The van der Waals surface area contributed by atoms with Crippen molar-refractivity contribution >= 4 is 15.9 Å². The van der Waals surface area contributed by atoms with Crippen molar-refractivity contribution < 1.29 is 9.13 Å². The molecule has 21 heavy (non-hydrogen) atoms. The summed E-state index contributed by atoms with van der Waals surface area (Å²) >= 11 is 3.45. The molecule has 1 unspecified atom stereocenters. The minimum Gasteiger partial charge on any atom is -0.496 e. The zero-order valence-corrected chi connectivity index (χ0v) is 13.8. The molecule has 0 aromatic heterocycles. The first-order valence-electron chi connectivity index (χ1n) is 6.98. The Bertz CT molecular complexity index is 586. The van der Waals surface area contributed by atoms with Gasteiger partial charge in [-0.05, 0) is 42.8 Å². The number of hydrogen-bond acceptors (Lipinski definition) is 2. The minimum atomic E-state index is -0.226. The van der Waals surface area contributed by atoms with E-state index in [4.69, 9.17) is 4.74 Å². The molecule has 2 rings (SSSR count). The molecule has 0 aliphatic carbocycles. The molecule has 2 aromatic rings. The van der Waals surface area contributed by atoms with E-state index < -0.39 is 0 Å². The van der Waals surface area contributed by atoms with Crippen molar-refractivity contribution in [3.63, 3.8) is 0 Å². The molecule has 0 saturated heterocycles. The van der Waals surface area contributed by atoms with Crippen LogP contribution in [0.25, 0.3) is 0 Å². The Morgan fingerprint density at radius 2 is 1.90 bits per heavy atom. The summed E-state index contributed by atoms with van der Waals surface area (Å²) in [5, 5.41) is 3.50. The average Bonchev–Trinajstić information content (AvgIpc) is 2.50. The Balaban J connectivity index is 2.42. The predicted octanol–water partition coefficient (Wildman–Crippen LogP) is 4.69. The second-order valence-electron chi connectivity index (χ2n) is 4.82. The third-order valence-electron chi connectivity index (χ3n) is 3.31. The van der Waals surface area contributed by atoms with Gasteiger partial charge in [-0.2, -0.15) is 0 Å². The fraction of sp³-hybridized carbons (Fsp3) is 0.294. The van der Waals surface area contributed by atoms with Crippen LogP contribution >= 0.6 is 15.9 Å². The highest BCUT2D eigenvalue weighted by molar-refractivity contribution is 9.10. The molecule has 0 heterocycles. The molecule has 0 aliphatic heterocycles. The molecule has 0 aliphatic rings. The van der Waals surface area contributed by atoms with Crippen LogP contribution in [0.2, 0.25) is 0 Å². The molecule has 1 atom stereocenters. The van der Waals surface area contributed by atoms with Crippen molar-refractivity contribution in [3.8, 4) is 5.75 Å². The third-order valence-corrected chi connectivity index (χ3v) is 3.80. The Kier molecular flexibility index (Phi) is 5.76. The maximum Gasteiger partial charge on any atom is 0.125 e. The number of benzene rings is 2. The molecule has 4 heteroatoms. The van der Waals surface area contributed by atoms with Gasteiger partial charge in [-0.25, -0.2) is 4.39 Å². The lowest BCUT2D eigenvalue weighted by atomic mass is 9.97. The summed E-state index contributed by atoms with van der Waals surface area (Å²) in [6.07, 6.45) is 1.02. The molecule has 2 aromatic carbocycles. The van der Waals surface area contributed by atoms with E-state index in [2.05, 4.69) is 28.2 Å². The summed E-state index contributed by atoms with van der Waals surface area (Å²) in [4.78, 5) is 0. The van der Waals surface area contributed by atoms with Crippen LogP contribution in [-0.2, 0) is 0 Å². The molecular weight excluding hydrogens is 333 g/mol. The Labute approximate surface area is 133 Å². The van der Waals surface area contributed by atoms with Gasteiger partial charge >= 0.3 is 0 Å². The summed E-state index contributed by atoms with van der Waals surface area (Å²) in [7, 11) is 1.66. The highest BCUT2D eigenvalue weighted by Crippen LogP contribution is 2.32. The molecule has 112 valence electrons. The molecule has 0 fully saturated rings. The first-order valence-corrected chi connectivity index (χ1v) is 7.77. The molecule has 0 spiro atoms. The van der Waals surface area contributed by atoms with Crippen LogP contribution in [0.15, 0.2) is 46.9 Å². The summed E-state index contributed by atoms with van der Waals surface area (Å²) in [6, 6.07) is 12.5. The smallest absolute Gasteiger partial charge is 0.125 e. The molecule has 0 amide bonds. The highest BCUT2D eigenvalue weighted by Gasteiger charge is 2.18. The summed E-state index contributed by atoms with van der Waals surface area (Å²) in [6.45, 7) is 2.99. The molecule has 0 bridgehead atoms. The van der Waals surface area contributed by atoms with Crippen LogP contribution in [0.1, 0.15) is 30.5 Å². The second kappa shape index (κ2) is 7.57. The number of halogens is 2. The normalized spacial score (nSPS) is 12.2. The Morgan fingerprint density at radius 3 is 2.52 bits per heavy atom. The predicted molar refractivity (Wildman–Crippen MR) is 87.2 cm³/mol. The standard InChI is InChI=1S/C17H19BrFNO/c1-3-10-20-17(12-4-7-14(19)8-5-12)15-9-6-13(18)11-16(15)21-2/h4-9,11,17,20H,3,10H2,1-2H3. The third kappa shape index (κ3) is 4.05. The largest absolute Gasteiger partial charge is 0.496 e. The van der Waals surface area contributed by atoms with Crippen LogP contribution in [-0.4, -0.2) is 13.7 Å². The first-order chi connectivity index (χ1) is 10.2. The molecule has 2 nitrogen and oxygen atoms in total. The lowest BCUT2D eigenvalue weighted by Gasteiger charge is -2.22. The van der Waals surface area contributed by atoms with Crippen molar-refractivity contribution in [2.24, 2.45) is 0 Å². The SMILES string of the molecule is CCCNC(c1ccc(F)cc1)c1ccc(Br)cc1OC. The monoisotopic (exact) mass is 351 g/mol. The zero-order valence-electron chi connectivity index (χ0n) is 12.2. The molecule has 1 N–H and O–H groups in total. The van der Waals surface area contributed by atoms with Crippen LogP contribution < -0.4 is 10.1 Å². The summed E-state index contributed by atoms with van der Waals surface area (Å²) < 4.78 is 19.6. The van der Waals surface area contributed by atoms with E-state index in [0.717, 1.165) is 34.3 Å². The minimum absolute atomic E-state index is 0.0198. The second-order valence-corrected chi connectivity index (χ2v) is 5.74. The van der Waals surface area contributed by atoms with E-state index in [-0.39, 0.29) is 11.9 Å². The van der Waals surface area contributed by atoms with Crippen LogP contribution in [0.3, 0.4) is 0 Å². The maximum absolute atomic E-state index is 13.2. The summed E-state index contributed by atoms with van der Waals surface area (Å²) in [5.41, 5.74) is 2.06. The molecule has 0 saturated carbocycles. The summed E-state index contributed by atoms with van der Waals surface area (Å²) in [5.74, 6) is 0.582. The van der Waals surface area contributed by atoms with E-state index in [1.807, 2.05) is 30.3 Å². The van der Waals surface area contributed by atoms with Crippen molar-refractivity contribution in [2.75, 3.05) is 13.7 Å². The van der Waals surface area contributed by atoms with E-state index >= 15 is 0 Å². The van der Waals surface area contributed by atoms with Gasteiger partial charge < -0.3 is 10.1 Å². The number of methoxy groups -OCH3 is 1. The van der Waals surface area contributed by atoms with E-state index in [1.54, 1.807) is 7.11 Å². The van der Waals surface area contributed by atoms with E-state index in [1.165, 1.54) is 12.1 Å². The Hall–Kier alpha value is -1.39. The van der Waals surface area contributed by atoms with Gasteiger partial charge in [0.25, 0.3) is 0 Å². The van der Waals surface area contributed by atoms with Gasteiger partial charge in [0, 0.05) is 10.0 Å². The fourth-order valence-electron chi connectivity index (χ4n) is 2.27. The number of ether oxygens (including phenoxy) is 1.